The van der Waals surface area contributed by atoms with Crippen LogP contribution in [0.15, 0.2) is 24.3 Å². The number of rotatable bonds is 4. The number of benzene rings is 1. The number of hydrogen-bond donors (Lipinski definition) is 1. The molecular weight excluding hydrogens is 210 g/mol. The van der Waals surface area contributed by atoms with E-state index in [4.69, 9.17) is 4.74 Å². The van der Waals surface area contributed by atoms with Crippen molar-refractivity contribution in [2.45, 2.75) is 32.2 Å². The molecule has 0 aromatic heterocycles. The Bertz CT molecular complexity index is 345. The average molecular weight is 233 g/mol. The predicted octanol–water partition coefficient (Wildman–Crippen LogP) is 3.07. The van der Waals surface area contributed by atoms with Crippen LogP contribution in [0.5, 0.6) is 0 Å². The van der Waals surface area contributed by atoms with Crippen molar-refractivity contribution < 1.29 is 4.74 Å². The number of hydrogen-bond acceptors (Lipinski definition) is 2. The zero-order valence-electron chi connectivity index (χ0n) is 10.9. The molecule has 2 rings (SSSR count). The van der Waals surface area contributed by atoms with Crippen LogP contribution in [0.3, 0.4) is 0 Å². The third kappa shape index (κ3) is 3.30. The Hall–Kier alpha value is -0.860. The molecule has 1 unspecified atom stereocenters. The molecule has 1 aliphatic heterocycles. The van der Waals surface area contributed by atoms with E-state index in [2.05, 4.69) is 43.6 Å². The van der Waals surface area contributed by atoms with Crippen molar-refractivity contribution in [2.75, 3.05) is 20.3 Å². The molecule has 0 amide bonds. The van der Waals surface area contributed by atoms with Crippen molar-refractivity contribution in [1.82, 2.24) is 5.32 Å². The van der Waals surface area contributed by atoms with Gasteiger partial charge < -0.3 is 10.1 Å². The summed E-state index contributed by atoms with van der Waals surface area (Å²) >= 11 is 0. The van der Waals surface area contributed by atoms with Crippen molar-refractivity contribution in [3.63, 3.8) is 0 Å². The molecule has 1 aromatic carbocycles. The number of nitrogens with one attached hydrogen (secondary N) is 1. The van der Waals surface area contributed by atoms with Crippen molar-refractivity contribution in [1.29, 1.82) is 0 Å². The Labute approximate surface area is 104 Å². The molecule has 1 aliphatic rings. The average Bonchev–Trinajstić information content (AvgIpc) is 2.38. The van der Waals surface area contributed by atoms with Gasteiger partial charge in [-0.05, 0) is 50.3 Å². The van der Waals surface area contributed by atoms with Gasteiger partial charge in [0.05, 0.1) is 0 Å². The standard InChI is InChI=1S/C15H23NO/c1-12-5-3-4-6-14(12)15(16-2)11-13-7-9-17-10-8-13/h3-6,13,15-16H,7-11H2,1-2H3. The van der Waals surface area contributed by atoms with Gasteiger partial charge in [0.15, 0.2) is 0 Å². The van der Waals surface area contributed by atoms with Crippen LogP contribution in [0.25, 0.3) is 0 Å². The monoisotopic (exact) mass is 233 g/mol. The summed E-state index contributed by atoms with van der Waals surface area (Å²) in [5.41, 5.74) is 2.83. The molecule has 2 nitrogen and oxygen atoms in total. The molecule has 1 heterocycles. The second kappa shape index (κ2) is 6.18. The summed E-state index contributed by atoms with van der Waals surface area (Å²) in [6.45, 7) is 4.08. The molecule has 0 spiro atoms. The summed E-state index contributed by atoms with van der Waals surface area (Å²) in [7, 11) is 2.07. The number of ether oxygens (including phenoxy) is 1. The van der Waals surface area contributed by atoms with E-state index in [1.165, 1.54) is 30.4 Å². The topological polar surface area (TPSA) is 21.3 Å². The van der Waals surface area contributed by atoms with Gasteiger partial charge >= 0.3 is 0 Å². The predicted molar refractivity (Wildman–Crippen MR) is 71.1 cm³/mol. The molecule has 0 aliphatic carbocycles. The maximum atomic E-state index is 5.42. The lowest BCUT2D eigenvalue weighted by Gasteiger charge is -2.27. The van der Waals surface area contributed by atoms with Crippen LogP contribution >= 0.6 is 0 Å². The molecule has 1 aromatic rings. The summed E-state index contributed by atoms with van der Waals surface area (Å²) in [5.74, 6) is 0.806. The minimum absolute atomic E-state index is 0.485. The van der Waals surface area contributed by atoms with Gasteiger partial charge in [0.2, 0.25) is 0 Å². The quantitative estimate of drug-likeness (QED) is 0.863. The number of aryl methyl sites for hydroxylation is 1. The highest BCUT2D eigenvalue weighted by Crippen LogP contribution is 2.28. The molecule has 1 N–H and O–H groups in total. The zero-order chi connectivity index (χ0) is 12.1. The fourth-order valence-electron chi connectivity index (χ4n) is 2.69. The molecule has 0 bridgehead atoms. The highest BCUT2D eigenvalue weighted by molar-refractivity contribution is 5.28. The molecule has 1 atom stereocenters. The molecule has 1 fully saturated rings. The molecule has 0 radical (unpaired) electrons. The maximum Gasteiger partial charge on any atom is 0.0468 e. The fourth-order valence-corrected chi connectivity index (χ4v) is 2.69. The van der Waals surface area contributed by atoms with Crippen LogP contribution in [-0.4, -0.2) is 20.3 Å². The van der Waals surface area contributed by atoms with E-state index in [0.717, 1.165) is 19.1 Å². The third-order valence-corrected chi connectivity index (χ3v) is 3.82. The Morgan fingerprint density at radius 3 is 2.65 bits per heavy atom. The first-order valence-corrected chi connectivity index (χ1v) is 6.62. The maximum absolute atomic E-state index is 5.42. The normalized spacial score (nSPS) is 19.2. The van der Waals surface area contributed by atoms with Gasteiger partial charge in [0, 0.05) is 19.3 Å². The Kier molecular flexibility index (Phi) is 4.57. The lowest BCUT2D eigenvalue weighted by molar-refractivity contribution is 0.0608. The Balaban J connectivity index is 2.03. The van der Waals surface area contributed by atoms with E-state index in [1.54, 1.807) is 0 Å². The van der Waals surface area contributed by atoms with Crippen molar-refractivity contribution >= 4 is 0 Å². The Morgan fingerprint density at radius 1 is 1.29 bits per heavy atom. The van der Waals surface area contributed by atoms with Gasteiger partial charge in [-0.1, -0.05) is 24.3 Å². The summed E-state index contributed by atoms with van der Waals surface area (Å²) < 4.78 is 5.42. The first kappa shape index (κ1) is 12.6. The van der Waals surface area contributed by atoms with Gasteiger partial charge in [-0.15, -0.1) is 0 Å². The van der Waals surface area contributed by atoms with E-state index >= 15 is 0 Å². The van der Waals surface area contributed by atoms with E-state index in [9.17, 15) is 0 Å². The largest absolute Gasteiger partial charge is 0.381 e. The molecule has 17 heavy (non-hydrogen) atoms. The molecular formula is C15H23NO. The SMILES string of the molecule is CNC(CC1CCOCC1)c1ccccc1C. The fraction of sp³-hybridized carbons (Fsp3) is 0.600. The van der Waals surface area contributed by atoms with Crippen LogP contribution in [0.2, 0.25) is 0 Å². The van der Waals surface area contributed by atoms with Crippen molar-refractivity contribution in [3.8, 4) is 0 Å². The molecule has 0 saturated carbocycles. The van der Waals surface area contributed by atoms with Crippen LogP contribution in [-0.2, 0) is 4.74 Å². The summed E-state index contributed by atoms with van der Waals surface area (Å²) in [6.07, 6.45) is 3.65. The van der Waals surface area contributed by atoms with E-state index < -0.39 is 0 Å². The third-order valence-electron chi connectivity index (χ3n) is 3.82. The molecule has 2 heteroatoms. The first-order valence-electron chi connectivity index (χ1n) is 6.62. The Morgan fingerprint density at radius 2 is 2.00 bits per heavy atom. The second-order valence-corrected chi connectivity index (χ2v) is 4.99. The van der Waals surface area contributed by atoms with Crippen molar-refractivity contribution in [2.24, 2.45) is 5.92 Å². The second-order valence-electron chi connectivity index (χ2n) is 4.99. The van der Waals surface area contributed by atoms with E-state index in [-0.39, 0.29) is 0 Å². The highest BCUT2D eigenvalue weighted by atomic mass is 16.5. The van der Waals surface area contributed by atoms with Gasteiger partial charge in [-0.2, -0.15) is 0 Å². The minimum Gasteiger partial charge on any atom is -0.381 e. The summed E-state index contributed by atoms with van der Waals surface area (Å²) in [5, 5.41) is 3.47. The zero-order valence-corrected chi connectivity index (χ0v) is 10.9. The summed E-state index contributed by atoms with van der Waals surface area (Å²) in [4.78, 5) is 0. The highest BCUT2D eigenvalue weighted by Gasteiger charge is 2.20. The van der Waals surface area contributed by atoms with Crippen LogP contribution in [0.4, 0.5) is 0 Å². The minimum atomic E-state index is 0.485. The van der Waals surface area contributed by atoms with Crippen LogP contribution in [0, 0.1) is 12.8 Å². The van der Waals surface area contributed by atoms with Gasteiger partial charge in [-0.3, -0.25) is 0 Å². The van der Waals surface area contributed by atoms with Gasteiger partial charge in [-0.25, -0.2) is 0 Å². The van der Waals surface area contributed by atoms with Gasteiger partial charge in [0.1, 0.15) is 0 Å². The van der Waals surface area contributed by atoms with E-state index in [1.807, 2.05) is 0 Å². The molecule has 94 valence electrons. The van der Waals surface area contributed by atoms with Crippen molar-refractivity contribution in [3.05, 3.63) is 35.4 Å². The smallest absolute Gasteiger partial charge is 0.0468 e. The molecule has 1 saturated heterocycles. The van der Waals surface area contributed by atoms with Gasteiger partial charge in [0.25, 0.3) is 0 Å². The summed E-state index contributed by atoms with van der Waals surface area (Å²) in [6, 6.07) is 9.18. The lowest BCUT2D eigenvalue weighted by Crippen LogP contribution is -2.24. The van der Waals surface area contributed by atoms with Crippen LogP contribution in [0.1, 0.15) is 36.4 Å². The van der Waals surface area contributed by atoms with Crippen LogP contribution < -0.4 is 5.32 Å². The lowest BCUT2D eigenvalue weighted by atomic mass is 9.88. The van der Waals surface area contributed by atoms with E-state index in [0.29, 0.717) is 6.04 Å². The first-order chi connectivity index (χ1) is 8.31.